The molecule has 134 valence electrons. The molecular formula is C22H24N2O2. The summed E-state index contributed by atoms with van der Waals surface area (Å²) in [4.78, 5) is 4.14. The maximum atomic E-state index is 6.31. The Labute approximate surface area is 154 Å². The number of hydrogen-bond acceptors (Lipinski definition) is 4. The maximum absolute atomic E-state index is 6.31. The van der Waals surface area contributed by atoms with Crippen molar-refractivity contribution in [3.05, 3.63) is 89.7 Å². The molecule has 1 aromatic heterocycles. The number of pyridine rings is 1. The predicted octanol–water partition coefficient (Wildman–Crippen LogP) is 4.30. The largest absolute Gasteiger partial charge is 0.490 e. The molecule has 3 aromatic rings. The number of nitrogens with two attached hydrogens (primary N) is 1. The molecule has 0 aliphatic rings. The van der Waals surface area contributed by atoms with Crippen LogP contribution >= 0.6 is 0 Å². The zero-order valence-electron chi connectivity index (χ0n) is 15.0. The average molecular weight is 348 g/mol. The molecule has 2 aromatic carbocycles. The summed E-state index contributed by atoms with van der Waals surface area (Å²) < 4.78 is 11.7. The highest BCUT2D eigenvalue weighted by atomic mass is 16.5. The first-order chi connectivity index (χ1) is 12.8. The lowest BCUT2D eigenvalue weighted by molar-refractivity contribution is 0.269. The van der Waals surface area contributed by atoms with Crippen molar-refractivity contribution in [3.63, 3.8) is 0 Å². The first-order valence-electron chi connectivity index (χ1n) is 8.84. The van der Waals surface area contributed by atoms with E-state index in [1.54, 1.807) is 6.20 Å². The van der Waals surface area contributed by atoms with Crippen molar-refractivity contribution >= 4 is 0 Å². The fourth-order valence-electron chi connectivity index (χ4n) is 2.77. The second kappa shape index (κ2) is 9.02. The van der Waals surface area contributed by atoms with E-state index in [2.05, 4.69) is 4.98 Å². The van der Waals surface area contributed by atoms with E-state index in [1.807, 2.05) is 73.8 Å². The van der Waals surface area contributed by atoms with Crippen molar-refractivity contribution < 1.29 is 9.47 Å². The van der Waals surface area contributed by atoms with E-state index in [0.717, 1.165) is 28.2 Å². The third-order valence-electron chi connectivity index (χ3n) is 4.11. The van der Waals surface area contributed by atoms with Gasteiger partial charge in [-0.15, -0.1) is 0 Å². The number of aromatic nitrogens is 1. The van der Waals surface area contributed by atoms with Gasteiger partial charge in [-0.05, 0) is 48.2 Å². The number of nitrogens with zero attached hydrogens (tertiary/aromatic N) is 1. The first kappa shape index (κ1) is 18.0. The molecule has 1 heterocycles. The zero-order chi connectivity index (χ0) is 18.2. The molecule has 3 rings (SSSR count). The summed E-state index contributed by atoms with van der Waals surface area (Å²) in [6.07, 6.45) is 4.28. The molecule has 0 saturated carbocycles. The Balaban J connectivity index is 1.71. The van der Waals surface area contributed by atoms with E-state index >= 15 is 0 Å². The SMILES string of the molecule is CCOc1cc(CC(N)c2cccnc2)ccc1OCc1ccccc1. The van der Waals surface area contributed by atoms with Crippen LogP contribution in [0.25, 0.3) is 0 Å². The summed E-state index contributed by atoms with van der Waals surface area (Å²) >= 11 is 0. The minimum absolute atomic E-state index is 0.103. The van der Waals surface area contributed by atoms with Gasteiger partial charge in [0.2, 0.25) is 0 Å². The summed E-state index contributed by atoms with van der Waals surface area (Å²) in [7, 11) is 0. The van der Waals surface area contributed by atoms with Gasteiger partial charge < -0.3 is 15.2 Å². The number of hydrogen-bond donors (Lipinski definition) is 1. The summed E-state index contributed by atoms with van der Waals surface area (Å²) in [5.41, 5.74) is 9.57. The summed E-state index contributed by atoms with van der Waals surface area (Å²) in [6, 6.07) is 19.9. The number of ether oxygens (including phenoxy) is 2. The molecule has 2 N–H and O–H groups in total. The van der Waals surface area contributed by atoms with Crippen molar-refractivity contribution in [1.82, 2.24) is 4.98 Å². The van der Waals surface area contributed by atoms with Gasteiger partial charge in [-0.1, -0.05) is 42.5 Å². The highest BCUT2D eigenvalue weighted by molar-refractivity contribution is 5.43. The van der Waals surface area contributed by atoms with Crippen molar-refractivity contribution in [3.8, 4) is 11.5 Å². The van der Waals surface area contributed by atoms with Crippen molar-refractivity contribution in [2.45, 2.75) is 26.0 Å². The third kappa shape index (κ3) is 4.83. The highest BCUT2D eigenvalue weighted by Gasteiger charge is 2.11. The average Bonchev–Trinajstić information content (AvgIpc) is 2.69. The molecule has 0 spiro atoms. The Morgan fingerprint density at radius 1 is 0.923 bits per heavy atom. The number of benzene rings is 2. The molecule has 0 radical (unpaired) electrons. The molecule has 1 unspecified atom stereocenters. The van der Waals surface area contributed by atoms with E-state index in [4.69, 9.17) is 15.2 Å². The quantitative estimate of drug-likeness (QED) is 0.659. The van der Waals surface area contributed by atoms with Crippen molar-refractivity contribution in [1.29, 1.82) is 0 Å². The molecule has 0 amide bonds. The van der Waals surface area contributed by atoms with Crippen molar-refractivity contribution in [2.75, 3.05) is 6.61 Å². The molecule has 0 aliphatic carbocycles. The first-order valence-corrected chi connectivity index (χ1v) is 8.84. The van der Waals surface area contributed by atoms with E-state index in [9.17, 15) is 0 Å². The van der Waals surface area contributed by atoms with E-state index in [0.29, 0.717) is 19.6 Å². The summed E-state index contributed by atoms with van der Waals surface area (Å²) in [6.45, 7) is 3.06. The van der Waals surface area contributed by atoms with Gasteiger partial charge >= 0.3 is 0 Å². The fourth-order valence-corrected chi connectivity index (χ4v) is 2.77. The molecule has 0 fully saturated rings. The normalized spacial score (nSPS) is 11.8. The maximum Gasteiger partial charge on any atom is 0.161 e. The van der Waals surface area contributed by atoms with Crippen LogP contribution in [-0.2, 0) is 13.0 Å². The van der Waals surface area contributed by atoms with Crippen LogP contribution in [0, 0.1) is 0 Å². The minimum Gasteiger partial charge on any atom is -0.490 e. The Morgan fingerprint density at radius 2 is 1.77 bits per heavy atom. The van der Waals surface area contributed by atoms with Gasteiger partial charge in [-0.25, -0.2) is 0 Å². The Bertz CT molecular complexity index is 807. The van der Waals surface area contributed by atoms with Crippen LogP contribution in [0.2, 0.25) is 0 Å². The fraction of sp³-hybridized carbons (Fsp3) is 0.227. The van der Waals surface area contributed by atoms with Crippen LogP contribution in [-0.4, -0.2) is 11.6 Å². The predicted molar refractivity (Wildman–Crippen MR) is 103 cm³/mol. The Kier molecular flexibility index (Phi) is 6.23. The van der Waals surface area contributed by atoms with Crippen LogP contribution in [0.3, 0.4) is 0 Å². The van der Waals surface area contributed by atoms with Gasteiger partial charge in [0.05, 0.1) is 6.61 Å². The monoisotopic (exact) mass is 348 g/mol. The molecule has 0 saturated heterocycles. The molecule has 4 heteroatoms. The smallest absolute Gasteiger partial charge is 0.161 e. The van der Waals surface area contributed by atoms with Gasteiger partial charge in [0.15, 0.2) is 11.5 Å². The minimum atomic E-state index is -0.103. The van der Waals surface area contributed by atoms with E-state index in [-0.39, 0.29) is 6.04 Å². The van der Waals surface area contributed by atoms with Crippen LogP contribution in [0.1, 0.15) is 29.7 Å². The van der Waals surface area contributed by atoms with E-state index in [1.165, 1.54) is 0 Å². The van der Waals surface area contributed by atoms with Gasteiger partial charge in [-0.2, -0.15) is 0 Å². The standard InChI is InChI=1S/C22H24N2O2/c1-2-25-22-14-18(13-20(23)19-9-6-12-24-15-19)10-11-21(22)26-16-17-7-4-3-5-8-17/h3-12,14-15,20H,2,13,16,23H2,1H3. The highest BCUT2D eigenvalue weighted by Crippen LogP contribution is 2.30. The zero-order valence-corrected chi connectivity index (χ0v) is 15.0. The van der Waals surface area contributed by atoms with E-state index < -0.39 is 0 Å². The molecule has 0 bridgehead atoms. The lowest BCUT2D eigenvalue weighted by atomic mass is 10.0. The summed E-state index contributed by atoms with van der Waals surface area (Å²) in [5, 5.41) is 0. The lowest BCUT2D eigenvalue weighted by Gasteiger charge is -2.16. The Hall–Kier alpha value is -2.85. The Morgan fingerprint density at radius 3 is 2.50 bits per heavy atom. The van der Waals surface area contributed by atoms with Crippen LogP contribution in [0.4, 0.5) is 0 Å². The number of rotatable bonds is 8. The second-order valence-corrected chi connectivity index (χ2v) is 6.09. The van der Waals surface area contributed by atoms with Crippen LogP contribution in [0.5, 0.6) is 11.5 Å². The van der Waals surface area contributed by atoms with Crippen LogP contribution in [0.15, 0.2) is 73.1 Å². The molecule has 4 nitrogen and oxygen atoms in total. The van der Waals surface area contributed by atoms with Crippen LogP contribution < -0.4 is 15.2 Å². The molecule has 1 atom stereocenters. The summed E-state index contributed by atoms with van der Waals surface area (Å²) in [5.74, 6) is 1.49. The topological polar surface area (TPSA) is 57.4 Å². The molecule has 26 heavy (non-hydrogen) atoms. The third-order valence-corrected chi connectivity index (χ3v) is 4.11. The molecule has 0 aliphatic heterocycles. The van der Waals surface area contributed by atoms with Gasteiger partial charge in [0, 0.05) is 18.4 Å². The van der Waals surface area contributed by atoms with Gasteiger partial charge in [0.1, 0.15) is 6.61 Å². The lowest BCUT2D eigenvalue weighted by Crippen LogP contribution is -2.13. The molecular weight excluding hydrogens is 324 g/mol. The van der Waals surface area contributed by atoms with Gasteiger partial charge in [0.25, 0.3) is 0 Å². The second-order valence-electron chi connectivity index (χ2n) is 6.09. The van der Waals surface area contributed by atoms with Gasteiger partial charge in [-0.3, -0.25) is 4.98 Å². The van der Waals surface area contributed by atoms with Crippen molar-refractivity contribution in [2.24, 2.45) is 5.73 Å².